The molecule has 0 bridgehead atoms. The van der Waals surface area contributed by atoms with Gasteiger partial charge in [-0.2, -0.15) is 0 Å². The van der Waals surface area contributed by atoms with Gasteiger partial charge in [-0.25, -0.2) is 0 Å². The number of amides is 1. The van der Waals surface area contributed by atoms with Crippen LogP contribution in [0.25, 0.3) is 11.1 Å². The molecule has 8 N–H and O–H groups in total. The molecule has 1 aliphatic heterocycles. The van der Waals surface area contributed by atoms with Gasteiger partial charge in [-0.05, 0) is 85.4 Å². The minimum atomic E-state index is -0.565. The van der Waals surface area contributed by atoms with E-state index < -0.39 is 5.41 Å². The number of hydrogen-bond acceptors (Lipinski definition) is 7. The highest BCUT2D eigenvalue weighted by Crippen LogP contribution is 2.50. The predicted octanol–water partition coefficient (Wildman–Crippen LogP) is 3.04. The topological polar surface area (TPSA) is 160 Å². The summed E-state index contributed by atoms with van der Waals surface area (Å²) in [7, 11) is 1.50. The van der Waals surface area contributed by atoms with Gasteiger partial charge in [-0.3, -0.25) is 9.69 Å². The summed E-state index contributed by atoms with van der Waals surface area (Å²) in [4.78, 5) is 16.4. The highest BCUT2D eigenvalue weighted by Gasteiger charge is 2.51. The molecule has 1 amide bonds. The molecule has 10 heteroatoms. The normalized spacial score (nSPS) is 15.4. The first kappa shape index (κ1) is 33.1. The van der Waals surface area contributed by atoms with Crippen molar-refractivity contribution in [2.24, 2.45) is 5.73 Å². The predicted molar refractivity (Wildman–Crippen MR) is 161 cm³/mol. The van der Waals surface area contributed by atoms with Crippen molar-refractivity contribution >= 4 is 24.2 Å². The smallest absolute Gasteiger partial charge is 0.235 e. The summed E-state index contributed by atoms with van der Waals surface area (Å²) < 4.78 is 10.4. The molecule has 0 spiro atoms. The van der Waals surface area contributed by atoms with Crippen LogP contribution in [0.3, 0.4) is 0 Å². The molecule has 2 fully saturated rings. The molecule has 0 atom stereocenters. The Labute approximate surface area is 241 Å². The van der Waals surface area contributed by atoms with Gasteiger partial charge in [0.05, 0.1) is 25.7 Å². The Morgan fingerprint density at radius 2 is 1.75 bits per heavy atom. The highest BCUT2D eigenvalue weighted by molar-refractivity contribution is 7.80. The number of rotatable bonds is 8. The molecule has 2 aliphatic rings. The van der Waals surface area contributed by atoms with Gasteiger partial charge < -0.3 is 36.6 Å². The van der Waals surface area contributed by atoms with Crippen molar-refractivity contribution in [1.82, 2.24) is 4.90 Å². The van der Waals surface area contributed by atoms with Crippen LogP contribution < -0.4 is 15.8 Å². The Morgan fingerprint density at radius 1 is 1.05 bits per heavy atom. The molecule has 1 heterocycles. The van der Waals surface area contributed by atoms with E-state index in [4.69, 9.17) is 15.2 Å². The van der Waals surface area contributed by atoms with Crippen LogP contribution in [0.5, 0.6) is 11.5 Å². The zero-order valence-corrected chi connectivity index (χ0v) is 23.8. The Bertz CT molecular complexity index is 1210. The van der Waals surface area contributed by atoms with E-state index in [-0.39, 0.29) is 22.6 Å². The molecule has 3 aromatic rings. The molecular weight excluding hydrogens is 530 g/mol. The summed E-state index contributed by atoms with van der Waals surface area (Å²) >= 11 is 4.32. The van der Waals surface area contributed by atoms with Crippen molar-refractivity contribution in [3.05, 3.63) is 72.3 Å². The lowest BCUT2D eigenvalue weighted by atomic mass is 9.94. The second kappa shape index (κ2) is 15.6. The van der Waals surface area contributed by atoms with Crippen LogP contribution in [0.1, 0.15) is 24.8 Å². The van der Waals surface area contributed by atoms with Gasteiger partial charge >= 0.3 is 0 Å². The lowest BCUT2D eigenvalue weighted by Gasteiger charge is -2.26. The number of nitrogens with two attached hydrogens (primary N) is 1. The Balaban J connectivity index is 0.000000399. The van der Waals surface area contributed by atoms with Crippen molar-refractivity contribution in [2.45, 2.75) is 29.6 Å². The molecule has 3 aromatic carbocycles. The van der Waals surface area contributed by atoms with E-state index in [0.29, 0.717) is 5.75 Å². The molecule has 40 heavy (non-hydrogen) atoms. The van der Waals surface area contributed by atoms with Crippen LogP contribution in [-0.4, -0.2) is 73.4 Å². The number of hydrogen-bond donors (Lipinski definition) is 4. The number of methoxy groups -OCH3 is 1. The van der Waals surface area contributed by atoms with Crippen LogP contribution in [0.15, 0.2) is 71.6 Å². The van der Waals surface area contributed by atoms with Crippen LogP contribution in [0, 0.1) is 0 Å². The second-order valence-electron chi connectivity index (χ2n) is 9.65. The van der Waals surface area contributed by atoms with E-state index in [1.54, 1.807) is 18.2 Å². The number of carbonyl (C=O) groups is 1. The maximum atomic E-state index is 13.0. The Morgan fingerprint density at radius 3 is 2.38 bits per heavy atom. The van der Waals surface area contributed by atoms with Crippen molar-refractivity contribution in [3.8, 4) is 22.6 Å². The molecule has 1 saturated carbocycles. The lowest BCUT2D eigenvalue weighted by Crippen LogP contribution is -2.37. The lowest BCUT2D eigenvalue weighted by molar-refractivity contribution is -0.118. The summed E-state index contributed by atoms with van der Waals surface area (Å²) in [6, 6.07) is 20.8. The molecule has 218 valence electrons. The largest absolute Gasteiger partial charge is 0.504 e. The van der Waals surface area contributed by atoms with Crippen LogP contribution >= 0.6 is 12.6 Å². The zero-order chi connectivity index (χ0) is 27.0. The number of carbonyl (C=O) groups excluding carboxylic acids is 1. The van der Waals surface area contributed by atoms with E-state index in [1.807, 2.05) is 48.5 Å². The first-order valence-electron chi connectivity index (χ1n) is 13.0. The van der Waals surface area contributed by atoms with Gasteiger partial charge in [0.2, 0.25) is 5.91 Å². The van der Waals surface area contributed by atoms with Gasteiger partial charge in [-0.15, -0.1) is 12.6 Å². The van der Waals surface area contributed by atoms with Crippen LogP contribution in [0.2, 0.25) is 0 Å². The number of benzene rings is 3. The van der Waals surface area contributed by atoms with E-state index in [1.165, 1.54) is 7.11 Å². The maximum absolute atomic E-state index is 13.0. The number of ether oxygens (including phenoxy) is 2. The van der Waals surface area contributed by atoms with E-state index in [0.717, 1.165) is 85.9 Å². The Hall–Kier alpha value is -3.12. The fraction of sp³-hybridized carbons (Fsp3) is 0.367. The fourth-order valence-electron chi connectivity index (χ4n) is 4.57. The number of nitrogens with zero attached hydrogens (tertiary/aromatic N) is 1. The van der Waals surface area contributed by atoms with Gasteiger partial charge in [0, 0.05) is 23.7 Å². The Kier molecular flexibility index (Phi) is 12.9. The summed E-state index contributed by atoms with van der Waals surface area (Å²) in [5.74, 6) is 0.414. The number of phenolic OH excluding ortho intramolecular Hbond substituents is 1. The van der Waals surface area contributed by atoms with Gasteiger partial charge in [-0.1, -0.05) is 30.3 Å². The molecule has 1 saturated heterocycles. The average molecular weight is 572 g/mol. The second-order valence-corrected chi connectivity index (χ2v) is 10.2. The van der Waals surface area contributed by atoms with Crippen molar-refractivity contribution in [2.75, 3.05) is 51.8 Å². The first-order chi connectivity index (χ1) is 18.4. The summed E-state index contributed by atoms with van der Waals surface area (Å²) in [6.45, 7) is 5.90. The number of aromatic hydroxyl groups is 1. The van der Waals surface area contributed by atoms with Crippen LogP contribution in [0.4, 0.5) is 5.69 Å². The van der Waals surface area contributed by atoms with Gasteiger partial charge in [0.1, 0.15) is 0 Å². The van der Waals surface area contributed by atoms with E-state index >= 15 is 0 Å². The summed E-state index contributed by atoms with van der Waals surface area (Å²) in [5, 5.41) is 12.9. The van der Waals surface area contributed by atoms with Crippen LogP contribution in [-0.2, 0) is 14.9 Å². The molecule has 5 rings (SSSR count). The SMILES string of the molecule is COc1cc(C2(C(=O)Nc3cccc(-c4ccc(S)cc4)c3)CC2)ccc1O.NCCCN1CCOCC1.O.O. The molecule has 1 aliphatic carbocycles. The van der Waals surface area contributed by atoms with Gasteiger partial charge in [0.15, 0.2) is 11.5 Å². The quantitative estimate of drug-likeness (QED) is 0.304. The van der Waals surface area contributed by atoms with Crippen molar-refractivity contribution < 1.29 is 30.3 Å². The molecule has 0 unspecified atom stereocenters. The molecular formula is C30H41N3O6S. The standard InChI is InChI=1S/C23H21NO3S.C7H16N2O.2H2O/c1-27-21-14-17(7-10-20(21)25)23(11-12-23)22(26)24-18-4-2-3-16(13-18)15-5-8-19(28)9-6-15;8-2-1-3-9-4-6-10-7-5-9;;/h2-10,13-14,25,28H,11-12H2,1H3,(H,24,26);1-8H2;2*1H2. The third kappa shape index (κ3) is 8.44. The third-order valence-corrected chi connectivity index (χ3v) is 7.32. The van der Waals surface area contributed by atoms with E-state index in [2.05, 4.69) is 22.8 Å². The number of nitrogens with one attached hydrogen (secondary N) is 1. The number of morpholine rings is 1. The third-order valence-electron chi connectivity index (χ3n) is 7.02. The van der Waals surface area contributed by atoms with Crippen molar-refractivity contribution in [3.63, 3.8) is 0 Å². The first-order valence-corrected chi connectivity index (χ1v) is 13.5. The molecule has 0 radical (unpaired) electrons. The van der Waals surface area contributed by atoms with Crippen molar-refractivity contribution in [1.29, 1.82) is 0 Å². The molecule has 0 aromatic heterocycles. The molecule has 9 nitrogen and oxygen atoms in total. The zero-order valence-electron chi connectivity index (χ0n) is 22.9. The number of phenols is 1. The average Bonchev–Trinajstić information content (AvgIpc) is 3.76. The summed E-state index contributed by atoms with van der Waals surface area (Å²) in [5.41, 5.74) is 8.54. The number of thiol groups is 1. The van der Waals surface area contributed by atoms with Gasteiger partial charge in [0.25, 0.3) is 0 Å². The highest BCUT2D eigenvalue weighted by atomic mass is 32.1. The summed E-state index contributed by atoms with van der Waals surface area (Å²) in [6.07, 6.45) is 2.66. The van der Waals surface area contributed by atoms with E-state index in [9.17, 15) is 9.90 Å². The minimum absolute atomic E-state index is 0. The number of anilines is 1. The minimum Gasteiger partial charge on any atom is -0.504 e. The fourth-order valence-corrected chi connectivity index (χ4v) is 4.72. The monoisotopic (exact) mass is 571 g/mol. The maximum Gasteiger partial charge on any atom is 0.235 e.